The van der Waals surface area contributed by atoms with Crippen molar-refractivity contribution < 1.29 is 0 Å². The van der Waals surface area contributed by atoms with Crippen LogP contribution in [-0.4, -0.2) is 5.71 Å². The highest BCUT2D eigenvalue weighted by molar-refractivity contribution is 5.81. The lowest BCUT2D eigenvalue weighted by atomic mass is 9.59. The van der Waals surface area contributed by atoms with Gasteiger partial charge in [-0.2, -0.15) is 0 Å². The topological polar surface area (TPSA) is 23.9 Å². The molecule has 0 aliphatic heterocycles. The second-order valence-corrected chi connectivity index (χ2v) is 3.96. The van der Waals surface area contributed by atoms with Gasteiger partial charge in [0.05, 0.1) is 0 Å². The van der Waals surface area contributed by atoms with E-state index in [1.165, 1.54) is 25.7 Å². The first-order valence-corrected chi connectivity index (χ1v) is 4.32. The number of hydrogen-bond acceptors (Lipinski definition) is 1. The fourth-order valence-electron chi connectivity index (χ4n) is 2.57. The molecular weight excluding hydrogens is 122 g/mol. The van der Waals surface area contributed by atoms with E-state index >= 15 is 0 Å². The zero-order valence-electron chi connectivity index (χ0n) is 6.56. The van der Waals surface area contributed by atoms with Gasteiger partial charge in [0, 0.05) is 5.71 Å². The van der Waals surface area contributed by atoms with Crippen molar-refractivity contribution in [2.24, 2.45) is 17.8 Å². The van der Waals surface area contributed by atoms with Gasteiger partial charge < -0.3 is 5.41 Å². The van der Waals surface area contributed by atoms with Crippen molar-refractivity contribution in [3.63, 3.8) is 0 Å². The Bertz CT molecular complexity index is 153. The van der Waals surface area contributed by atoms with Gasteiger partial charge in [0.1, 0.15) is 0 Å². The molecule has 10 heavy (non-hydrogen) atoms. The largest absolute Gasteiger partial charge is 0.310 e. The van der Waals surface area contributed by atoms with E-state index in [1.54, 1.807) is 0 Å². The van der Waals surface area contributed by atoms with Crippen LogP contribution in [0.3, 0.4) is 0 Å². The lowest BCUT2D eigenvalue weighted by Gasteiger charge is -2.46. The molecule has 1 unspecified atom stereocenters. The fraction of sp³-hybridized carbons (Fsp3) is 0.889. The molecule has 1 heteroatoms. The predicted molar refractivity (Wildman–Crippen MR) is 42.3 cm³/mol. The molecule has 56 valence electrons. The molecule has 0 heterocycles. The summed E-state index contributed by atoms with van der Waals surface area (Å²) >= 11 is 0. The highest BCUT2D eigenvalue weighted by Gasteiger charge is 2.40. The predicted octanol–water partition coefficient (Wildman–Crippen LogP) is 2.46. The van der Waals surface area contributed by atoms with Crippen LogP contribution in [0.2, 0.25) is 0 Å². The maximum Gasteiger partial charge on any atom is 0.00918 e. The van der Waals surface area contributed by atoms with Crippen LogP contribution in [0.15, 0.2) is 0 Å². The van der Waals surface area contributed by atoms with E-state index in [0.717, 1.165) is 17.5 Å². The zero-order valence-corrected chi connectivity index (χ0v) is 6.56. The Morgan fingerprint density at radius 2 is 2.00 bits per heavy atom. The van der Waals surface area contributed by atoms with Crippen LogP contribution in [0, 0.1) is 23.2 Å². The summed E-state index contributed by atoms with van der Waals surface area (Å²) in [4.78, 5) is 0. The van der Waals surface area contributed by atoms with Gasteiger partial charge in [-0.25, -0.2) is 0 Å². The van der Waals surface area contributed by atoms with Gasteiger partial charge in [0.25, 0.3) is 0 Å². The average molecular weight is 137 g/mol. The normalized spacial score (nSPS) is 44.3. The first-order valence-electron chi connectivity index (χ1n) is 4.32. The Hall–Kier alpha value is -0.330. The SMILES string of the molecule is CC(=N)C1CCC2CC1C2. The molecule has 0 radical (unpaired) electrons. The van der Waals surface area contributed by atoms with Gasteiger partial charge in [-0.3, -0.25) is 0 Å². The van der Waals surface area contributed by atoms with Crippen molar-refractivity contribution in [3.05, 3.63) is 0 Å². The van der Waals surface area contributed by atoms with Crippen LogP contribution in [-0.2, 0) is 0 Å². The van der Waals surface area contributed by atoms with Crippen molar-refractivity contribution in [3.8, 4) is 0 Å². The molecule has 3 saturated carbocycles. The molecule has 2 bridgehead atoms. The molecule has 0 aromatic carbocycles. The molecule has 0 amide bonds. The minimum Gasteiger partial charge on any atom is -0.310 e. The lowest BCUT2D eigenvalue weighted by molar-refractivity contribution is 0.0829. The Morgan fingerprint density at radius 1 is 1.30 bits per heavy atom. The Kier molecular flexibility index (Phi) is 1.33. The van der Waals surface area contributed by atoms with Crippen LogP contribution in [0.1, 0.15) is 32.6 Å². The lowest BCUT2D eigenvalue weighted by Crippen LogP contribution is -2.38. The van der Waals surface area contributed by atoms with Gasteiger partial charge in [-0.1, -0.05) is 0 Å². The van der Waals surface area contributed by atoms with Gasteiger partial charge in [0.15, 0.2) is 0 Å². The Morgan fingerprint density at radius 3 is 2.30 bits per heavy atom. The van der Waals surface area contributed by atoms with Crippen molar-refractivity contribution >= 4 is 5.71 Å². The van der Waals surface area contributed by atoms with E-state index in [0.29, 0.717) is 5.92 Å². The molecular formula is C9H15N. The summed E-state index contributed by atoms with van der Waals surface area (Å²) in [5.74, 6) is 2.64. The molecule has 0 spiro atoms. The summed E-state index contributed by atoms with van der Waals surface area (Å²) in [6, 6.07) is 0. The third-order valence-electron chi connectivity index (χ3n) is 3.28. The van der Waals surface area contributed by atoms with Crippen LogP contribution in [0.5, 0.6) is 0 Å². The average Bonchev–Trinajstić information content (AvgIpc) is 1.86. The number of fused-ring (bicyclic) bond motifs is 2. The highest BCUT2D eigenvalue weighted by Crippen LogP contribution is 2.49. The summed E-state index contributed by atoms with van der Waals surface area (Å²) in [5, 5.41) is 7.54. The summed E-state index contributed by atoms with van der Waals surface area (Å²) in [6.07, 6.45) is 5.57. The van der Waals surface area contributed by atoms with Crippen LogP contribution >= 0.6 is 0 Å². The van der Waals surface area contributed by atoms with Gasteiger partial charge in [0.2, 0.25) is 0 Å². The minimum absolute atomic E-state index is 0.671. The Balaban J connectivity index is 2.02. The molecule has 3 aliphatic carbocycles. The summed E-state index contributed by atoms with van der Waals surface area (Å²) in [7, 11) is 0. The molecule has 3 rings (SSSR count). The maximum absolute atomic E-state index is 7.54. The number of rotatable bonds is 1. The third-order valence-corrected chi connectivity index (χ3v) is 3.28. The van der Waals surface area contributed by atoms with E-state index in [-0.39, 0.29) is 0 Å². The number of hydrogen-bond donors (Lipinski definition) is 1. The summed E-state index contributed by atoms with van der Waals surface area (Å²) < 4.78 is 0. The van der Waals surface area contributed by atoms with Gasteiger partial charge >= 0.3 is 0 Å². The van der Waals surface area contributed by atoms with E-state index in [9.17, 15) is 0 Å². The summed E-state index contributed by atoms with van der Waals surface area (Å²) in [5.41, 5.74) is 0.933. The molecule has 1 atom stereocenters. The second-order valence-electron chi connectivity index (χ2n) is 3.96. The molecule has 0 aromatic heterocycles. The van der Waals surface area contributed by atoms with Crippen LogP contribution in [0.25, 0.3) is 0 Å². The van der Waals surface area contributed by atoms with Crippen LogP contribution in [0.4, 0.5) is 0 Å². The molecule has 1 nitrogen and oxygen atoms in total. The second kappa shape index (κ2) is 2.08. The highest BCUT2D eigenvalue weighted by atomic mass is 14.5. The van der Waals surface area contributed by atoms with Crippen molar-refractivity contribution in [1.82, 2.24) is 0 Å². The van der Waals surface area contributed by atoms with Crippen molar-refractivity contribution in [1.29, 1.82) is 5.41 Å². The van der Waals surface area contributed by atoms with Gasteiger partial charge in [-0.05, 0) is 50.4 Å². The minimum atomic E-state index is 0.671. The molecule has 3 aliphatic rings. The quantitative estimate of drug-likeness (QED) is 0.537. The van der Waals surface area contributed by atoms with Crippen LogP contribution < -0.4 is 0 Å². The first kappa shape index (κ1) is 6.38. The van der Waals surface area contributed by atoms with Crippen molar-refractivity contribution in [2.75, 3.05) is 0 Å². The molecule has 0 saturated heterocycles. The molecule has 3 fully saturated rings. The molecule has 0 aromatic rings. The van der Waals surface area contributed by atoms with E-state index in [2.05, 4.69) is 0 Å². The molecule has 1 N–H and O–H groups in total. The first-order chi connectivity index (χ1) is 4.77. The van der Waals surface area contributed by atoms with Crippen molar-refractivity contribution in [2.45, 2.75) is 32.6 Å². The fourth-order valence-corrected chi connectivity index (χ4v) is 2.57. The standard InChI is InChI=1S/C9H15N/c1-6(10)9-3-2-7-4-8(9)5-7/h7-10H,2-5H2,1H3. The van der Waals surface area contributed by atoms with E-state index in [1.807, 2.05) is 6.92 Å². The summed E-state index contributed by atoms with van der Waals surface area (Å²) in [6.45, 7) is 1.98. The van der Waals surface area contributed by atoms with Gasteiger partial charge in [-0.15, -0.1) is 0 Å². The maximum atomic E-state index is 7.54. The smallest absolute Gasteiger partial charge is 0.00918 e. The monoisotopic (exact) mass is 137 g/mol. The van der Waals surface area contributed by atoms with E-state index < -0.39 is 0 Å². The number of nitrogens with one attached hydrogen (secondary N) is 1. The van der Waals surface area contributed by atoms with E-state index in [4.69, 9.17) is 5.41 Å². The Labute approximate surface area is 62.3 Å². The third kappa shape index (κ3) is 0.799. The zero-order chi connectivity index (χ0) is 7.14.